The fraction of sp³-hybridized carbons (Fsp3) is 0.769. The third-order valence-corrected chi connectivity index (χ3v) is 3.37. The molecule has 0 radical (unpaired) electrons. The number of hydrogen-bond acceptors (Lipinski definition) is 3. The zero-order valence-corrected chi connectivity index (χ0v) is 12.3. The molecule has 0 aliphatic carbocycles. The second-order valence-electron chi connectivity index (χ2n) is 5.18. The maximum atomic E-state index is 12.4. The van der Waals surface area contributed by atoms with E-state index >= 15 is 0 Å². The molecule has 1 atom stereocenters. The van der Waals surface area contributed by atoms with E-state index < -0.39 is 12.0 Å². The van der Waals surface area contributed by atoms with Crippen LogP contribution in [0.5, 0.6) is 0 Å². The van der Waals surface area contributed by atoms with Crippen LogP contribution in [0.2, 0.25) is 0 Å². The number of likely N-dealkylation sites (N-methyl/N-ethyl adjacent to an activating group) is 1. The van der Waals surface area contributed by atoms with Gasteiger partial charge < -0.3 is 19.8 Å². The maximum Gasteiger partial charge on any atom is 0.326 e. The summed E-state index contributed by atoms with van der Waals surface area (Å²) in [5.41, 5.74) is 0. The molecule has 1 saturated heterocycles. The molecule has 20 heavy (non-hydrogen) atoms. The zero-order chi connectivity index (χ0) is 15.3. The summed E-state index contributed by atoms with van der Waals surface area (Å²) in [5.74, 6) is -1.15. The zero-order valence-electron chi connectivity index (χ0n) is 12.3. The van der Waals surface area contributed by atoms with E-state index in [0.717, 1.165) is 6.42 Å². The maximum absolute atomic E-state index is 12.4. The van der Waals surface area contributed by atoms with Crippen molar-refractivity contribution >= 4 is 17.9 Å². The largest absolute Gasteiger partial charge is 0.480 e. The predicted molar refractivity (Wildman–Crippen MR) is 73.3 cm³/mol. The van der Waals surface area contributed by atoms with Gasteiger partial charge in [-0.3, -0.25) is 4.79 Å². The number of amides is 3. The molecule has 1 N–H and O–H groups in total. The van der Waals surface area contributed by atoms with E-state index in [1.165, 1.54) is 14.7 Å². The smallest absolute Gasteiger partial charge is 0.326 e. The summed E-state index contributed by atoms with van der Waals surface area (Å²) in [4.78, 5) is 39.5. The Morgan fingerprint density at radius 1 is 1.30 bits per heavy atom. The van der Waals surface area contributed by atoms with Crippen molar-refractivity contribution in [3.05, 3.63) is 0 Å². The van der Waals surface area contributed by atoms with E-state index in [9.17, 15) is 14.4 Å². The Balaban J connectivity index is 2.77. The molecule has 7 nitrogen and oxygen atoms in total. The minimum Gasteiger partial charge on any atom is -0.480 e. The van der Waals surface area contributed by atoms with Crippen LogP contribution < -0.4 is 0 Å². The molecule has 0 aromatic rings. The molecule has 1 aliphatic heterocycles. The van der Waals surface area contributed by atoms with Crippen molar-refractivity contribution < 1.29 is 19.5 Å². The van der Waals surface area contributed by atoms with Gasteiger partial charge in [0.1, 0.15) is 12.6 Å². The lowest BCUT2D eigenvalue weighted by molar-refractivity contribution is -0.141. The number of carboxylic acids is 1. The van der Waals surface area contributed by atoms with Crippen molar-refractivity contribution in [1.82, 2.24) is 14.7 Å². The number of rotatable bonds is 5. The minimum absolute atomic E-state index is 0.0114. The fourth-order valence-corrected chi connectivity index (χ4v) is 2.25. The Bertz CT molecular complexity index is 384. The Morgan fingerprint density at radius 3 is 2.45 bits per heavy atom. The van der Waals surface area contributed by atoms with Gasteiger partial charge in [-0.1, -0.05) is 6.92 Å². The first-order valence-corrected chi connectivity index (χ1v) is 6.87. The summed E-state index contributed by atoms with van der Waals surface area (Å²) in [6, 6.07) is -1.12. The molecular weight excluding hydrogens is 262 g/mol. The van der Waals surface area contributed by atoms with Crippen LogP contribution in [-0.2, 0) is 9.59 Å². The molecule has 1 fully saturated rings. The molecular formula is C13H23N3O4. The number of hydrogen-bond donors (Lipinski definition) is 1. The van der Waals surface area contributed by atoms with Gasteiger partial charge in [-0.25, -0.2) is 9.59 Å². The number of likely N-dealkylation sites (tertiary alicyclic amines) is 1. The molecule has 0 saturated carbocycles. The van der Waals surface area contributed by atoms with Gasteiger partial charge in [-0.05, 0) is 19.3 Å². The third-order valence-electron chi connectivity index (χ3n) is 3.37. The van der Waals surface area contributed by atoms with Crippen molar-refractivity contribution in [2.75, 3.05) is 33.7 Å². The average Bonchev–Trinajstić information content (AvgIpc) is 2.86. The van der Waals surface area contributed by atoms with E-state index in [2.05, 4.69) is 0 Å². The average molecular weight is 285 g/mol. The quantitative estimate of drug-likeness (QED) is 0.795. The highest BCUT2D eigenvalue weighted by Gasteiger charge is 2.36. The fourth-order valence-electron chi connectivity index (χ4n) is 2.25. The summed E-state index contributed by atoms with van der Waals surface area (Å²) in [5, 5.41) is 9.13. The van der Waals surface area contributed by atoms with Gasteiger partial charge >= 0.3 is 12.0 Å². The minimum atomic E-state index is -0.980. The van der Waals surface area contributed by atoms with Crippen LogP contribution in [0.3, 0.4) is 0 Å². The number of nitrogens with zero attached hydrogens (tertiary/aromatic N) is 3. The van der Waals surface area contributed by atoms with Gasteiger partial charge in [0, 0.05) is 27.2 Å². The lowest BCUT2D eigenvalue weighted by atomic mass is 10.2. The molecule has 1 rings (SSSR count). The van der Waals surface area contributed by atoms with Crippen LogP contribution in [0.1, 0.15) is 26.2 Å². The van der Waals surface area contributed by atoms with Crippen LogP contribution in [0.15, 0.2) is 0 Å². The first kappa shape index (κ1) is 16.3. The first-order chi connectivity index (χ1) is 9.38. The lowest BCUT2D eigenvalue weighted by Gasteiger charge is -2.30. The highest BCUT2D eigenvalue weighted by molar-refractivity contribution is 5.87. The van der Waals surface area contributed by atoms with Crippen molar-refractivity contribution in [2.45, 2.75) is 32.2 Å². The monoisotopic (exact) mass is 285 g/mol. The standard InChI is InChI=1S/C13H23N3O4/c1-4-7-15(9-11(17)14(2)3)13(20)16-8-5-6-10(16)12(18)19/h10H,4-9H2,1-3H3,(H,18,19)/t10-/m1/s1. The Hall–Kier alpha value is -1.79. The molecule has 114 valence electrons. The van der Waals surface area contributed by atoms with Crippen molar-refractivity contribution in [2.24, 2.45) is 0 Å². The van der Waals surface area contributed by atoms with E-state index in [-0.39, 0.29) is 18.5 Å². The summed E-state index contributed by atoms with van der Waals surface area (Å²) in [7, 11) is 3.26. The lowest BCUT2D eigenvalue weighted by Crippen LogP contribution is -2.50. The molecule has 0 unspecified atom stereocenters. The van der Waals surface area contributed by atoms with Crippen molar-refractivity contribution in [1.29, 1.82) is 0 Å². The summed E-state index contributed by atoms with van der Waals surface area (Å²) < 4.78 is 0. The molecule has 0 aromatic heterocycles. The van der Waals surface area contributed by atoms with Gasteiger partial charge in [0.2, 0.25) is 5.91 Å². The third kappa shape index (κ3) is 3.85. The van der Waals surface area contributed by atoms with E-state index in [1.54, 1.807) is 14.1 Å². The summed E-state index contributed by atoms with van der Waals surface area (Å²) >= 11 is 0. The molecule has 0 bridgehead atoms. The van der Waals surface area contributed by atoms with E-state index in [0.29, 0.717) is 25.9 Å². The molecule has 0 spiro atoms. The van der Waals surface area contributed by atoms with Crippen LogP contribution >= 0.6 is 0 Å². The van der Waals surface area contributed by atoms with Gasteiger partial charge in [0.15, 0.2) is 0 Å². The predicted octanol–water partition coefficient (Wildman–Crippen LogP) is 0.456. The highest BCUT2D eigenvalue weighted by Crippen LogP contribution is 2.19. The second kappa shape index (κ2) is 7.12. The van der Waals surface area contributed by atoms with Crippen molar-refractivity contribution in [3.8, 4) is 0 Å². The number of carbonyl (C=O) groups is 3. The van der Waals surface area contributed by atoms with Gasteiger partial charge in [-0.2, -0.15) is 0 Å². The molecule has 3 amide bonds. The Labute approximate surface area is 119 Å². The number of carboxylic acid groups (broad SMARTS) is 1. The van der Waals surface area contributed by atoms with Gasteiger partial charge in [0.25, 0.3) is 0 Å². The van der Waals surface area contributed by atoms with Crippen LogP contribution in [-0.4, -0.2) is 77.5 Å². The molecule has 1 heterocycles. The number of aliphatic carboxylic acids is 1. The van der Waals surface area contributed by atoms with E-state index in [4.69, 9.17) is 5.11 Å². The normalized spacial score (nSPS) is 17.9. The van der Waals surface area contributed by atoms with Gasteiger partial charge in [-0.15, -0.1) is 0 Å². The van der Waals surface area contributed by atoms with Crippen LogP contribution in [0.4, 0.5) is 4.79 Å². The highest BCUT2D eigenvalue weighted by atomic mass is 16.4. The summed E-state index contributed by atoms with van der Waals surface area (Å²) in [6.07, 6.45) is 1.88. The first-order valence-electron chi connectivity index (χ1n) is 6.87. The van der Waals surface area contributed by atoms with Crippen LogP contribution in [0, 0.1) is 0 Å². The number of carbonyl (C=O) groups excluding carboxylic acids is 2. The Kier molecular flexibility index (Phi) is 5.79. The second-order valence-corrected chi connectivity index (χ2v) is 5.18. The molecule has 1 aliphatic rings. The molecule has 0 aromatic carbocycles. The number of urea groups is 1. The topological polar surface area (TPSA) is 81.2 Å². The molecule has 7 heteroatoms. The van der Waals surface area contributed by atoms with Crippen molar-refractivity contribution in [3.63, 3.8) is 0 Å². The van der Waals surface area contributed by atoms with Gasteiger partial charge in [0.05, 0.1) is 0 Å². The Morgan fingerprint density at radius 2 is 1.95 bits per heavy atom. The SMILES string of the molecule is CCCN(CC(=O)N(C)C)C(=O)N1CCC[C@@H]1C(=O)O. The van der Waals surface area contributed by atoms with Crippen LogP contribution in [0.25, 0.3) is 0 Å². The summed E-state index contributed by atoms with van der Waals surface area (Å²) in [6.45, 7) is 2.79. The van der Waals surface area contributed by atoms with E-state index in [1.807, 2.05) is 6.92 Å².